The van der Waals surface area contributed by atoms with E-state index in [4.69, 9.17) is 0 Å². The lowest BCUT2D eigenvalue weighted by atomic mass is 10.2. The van der Waals surface area contributed by atoms with E-state index in [1.807, 2.05) is 4.90 Å². The minimum Gasteiger partial charge on any atom is -0.322 e. The molecule has 0 aromatic heterocycles. The Morgan fingerprint density at radius 2 is 1.61 bits per heavy atom. The highest BCUT2D eigenvalue weighted by molar-refractivity contribution is 7.89. The maximum atomic E-state index is 13.7. The van der Waals surface area contributed by atoms with Crippen LogP contribution >= 0.6 is 0 Å². The zero-order valence-corrected chi connectivity index (χ0v) is 16.1. The molecule has 1 aliphatic heterocycles. The Balaban J connectivity index is 1.60. The summed E-state index contributed by atoms with van der Waals surface area (Å²) in [4.78, 5) is 14.3. The van der Waals surface area contributed by atoms with Crippen LogP contribution in [0.4, 0.5) is 14.5 Å². The van der Waals surface area contributed by atoms with E-state index in [9.17, 15) is 22.0 Å². The second-order valence-corrected chi connectivity index (χ2v) is 8.48. The average Bonchev–Trinajstić information content (AvgIpc) is 2.69. The van der Waals surface area contributed by atoms with Gasteiger partial charge < -0.3 is 5.32 Å². The van der Waals surface area contributed by atoms with Gasteiger partial charge in [0.1, 0.15) is 11.6 Å². The second-order valence-electron chi connectivity index (χ2n) is 6.54. The zero-order valence-electron chi connectivity index (χ0n) is 15.3. The van der Waals surface area contributed by atoms with Gasteiger partial charge in [-0.05, 0) is 43.3 Å². The number of carbonyl (C=O) groups excluding carboxylic acids is 1. The quantitative estimate of drug-likeness (QED) is 0.823. The first-order valence-corrected chi connectivity index (χ1v) is 10.3. The number of piperazine rings is 1. The molecule has 0 bridgehead atoms. The van der Waals surface area contributed by atoms with Crippen LogP contribution in [0.1, 0.15) is 6.92 Å². The highest BCUT2D eigenvalue weighted by atomic mass is 32.2. The van der Waals surface area contributed by atoms with E-state index in [0.29, 0.717) is 13.1 Å². The summed E-state index contributed by atoms with van der Waals surface area (Å²) >= 11 is 0. The summed E-state index contributed by atoms with van der Waals surface area (Å²) < 4.78 is 53.4. The van der Waals surface area contributed by atoms with Crippen molar-refractivity contribution in [2.75, 3.05) is 31.5 Å². The Kier molecular flexibility index (Phi) is 6.07. The molecule has 1 N–H and O–H groups in total. The van der Waals surface area contributed by atoms with Crippen LogP contribution in [0.15, 0.2) is 53.4 Å². The third-order valence-corrected chi connectivity index (χ3v) is 6.70. The van der Waals surface area contributed by atoms with E-state index in [1.165, 1.54) is 34.6 Å². The van der Waals surface area contributed by atoms with Crippen LogP contribution in [0.5, 0.6) is 0 Å². The van der Waals surface area contributed by atoms with Crippen LogP contribution in [-0.2, 0) is 14.8 Å². The maximum Gasteiger partial charge on any atom is 0.243 e. The van der Waals surface area contributed by atoms with E-state index in [0.717, 1.165) is 12.1 Å². The number of hydrogen-bond acceptors (Lipinski definition) is 4. The molecular weight excluding hydrogens is 388 g/mol. The average molecular weight is 409 g/mol. The lowest BCUT2D eigenvalue weighted by molar-refractivity contribution is -0.121. The van der Waals surface area contributed by atoms with Gasteiger partial charge in [-0.1, -0.05) is 12.1 Å². The number of anilines is 1. The van der Waals surface area contributed by atoms with Crippen LogP contribution in [0.2, 0.25) is 0 Å². The van der Waals surface area contributed by atoms with Crippen LogP contribution in [0.25, 0.3) is 0 Å². The fraction of sp³-hybridized carbons (Fsp3) is 0.316. The number of rotatable bonds is 5. The monoisotopic (exact) mass is 409 g/mol. The first-order valence-electron chi connectivity index (χ1n) is 8.84. The van der Waals surface area contributed by atoms with Crippen LogP contribution in [0, 0.1) is 11.6 Å². The topological polar surface area (TPSA) is 69.7 Å². The summed E-state index contributed by atoms with van der Waals surface area (Å²) in [6, 6.07) is 10.1. The smallest absolute Gasteiger partial charge is 0.243 e. The number of hydrogen-bond donors (Lipinski definition) is 1. The van der Waals surface area contributed by atoms with Crippen LogP contribution in [-0.4, -0.2) is 55.8 Å². The molecule has 3 rings (SSSR count). The van der Waals surface area contributed by atoms with Crippen molar-refractivity contribution in [3.05, 3.63) is 60.2 Å². The van der Waals surface area contributed by atoms with Crippen molar-refractivity contribution in [3.63, 3.8) is 0 Å². The summed E-state index contributed by atoms with van der Waals surface area (Å²) in [5.41, 5.74) is 0.108. The molecule has 0 aliphatic carbocycles. The maximum absolute atomic E-state index is 13.7. The number of amides is 1. The molecule has 1 amide bonds. The molecule has 2 aromatic rings. The van der Waals surface area contributed by atoms with Crippen LogP contribution in [0.3, 0.4) is 0 Å². The van der Waals surface area contributed by atoms with E-state index >= 15 is 0 Å². The Labute approximate surface area is 162 Å². The molecular formula is C19H21F2N3O3S. The molecule has 150 valence electrons. The Morgan fingerprint density at radius 1 is 1.00 bits per heavy atom. The largest absolute Gasteiger partial charge is 0.322 e. The van der Waals surface area contributed by atoms with E-state index in [1.54, 1.807) is 13.0 Å². The summed E-state index contributed by atoms with van der Waals surface area (Å²) in [7, 11) is -3.71. The zero-order chi connectivity index (χ0) is 20.3. The predicted octanol–water partition coefficient (Wildman–Crippen LogP) is 2.30. The van der Waals surface area contributed by atoms with Crippen molar-refractivity contribution in [2.45, 2.75) is 17.9 Å². The molecule has 1 aliphatic rings. The summed E-state index contributed by atoms with van der Waals surface area (Å²) in [5.74, 6) is -1.38. The van der Waals surface area contributed by atoms with Gasteiger partial charge >= 0.3 is 0 Å². The summed E-state index contributed by atoms with van der Waals surface area (Å²) in [5, 5.41) is 2.56. The molecule has 0 spiro atoms. The lowest BCUT2D eigenvalue weighted by Crippen LogP contribution is -2.53. The lowest BCUT2D eigenvalue weighted by Gasteiger charge is -2.36. The Bertz CT molecular complexity index is 943. The van der Waals surface area contributed by atoms with E-state index in [-0.39, 0.29) is 29.6 Å². The number of para-hydroxylation sites is 1. The van der Waals surface area contributed by atoms with Crippen molar-refractivity contribution in [1.82, 2.24) is 9.21 Å². The van der Waals surface area contributed by atoms with Gasteiger partial charge in [-0.25, -0.2) is 17.2 Å². The molecule has 1 atom stereocenters. The standard InChI is InChI=1S/C19H21F2N3O3S/c1-14(19(25)22-18-5-3-2-4-17(18)21)23-10-12-24(13-11-23)28(26,27)16-8-6-15(20)7-9-16/h2-9,14H,10-13H2,1H3,(H,22,25)/t14-/m0/s1. The second kappa shape index (κ2) is 8.34. The molecule has 6 nitrogen and oxygen atoms in total. The van der Waals surface area contributed by atoms with E-state index < -0.39 is 27.7 Å². The van der Waals surface area contributed by atoms with Crippen LogP contribution < -0.4 is 5.32 Å². The van der Waals surface area contributed by atoms with E-state index in [2.05, 4.69) is 5.32 Å². The first-order chi connectivity index (χ1) is 13.3. The number of carbonyl (C=O) groups is 1. The number of benzene rings is 2. The van der Waals surface area contributed by atoms with Gasteiger partial charge in [0, 0.05) is 26.2 Å². The van der Waals surface area contributed by atoms with Crippen molar-refractivity contribution in [3.8, 4) is 0 Å². The molecule has 1 fully saturated rings. The normalized spacial score (nSPS) is 17.2. The number of nitrogens with zero attached hydrogens (tertiary/aromatic N) is 2. The number of nitrogens with one attached hydrogen (secondary N) is 1. The molecule has 9 heteroatoms. The molecule has 2 aromatic carbocycles. The van der Waals surface area contributed by atoms with Gasteiger partial charge in [-0.15, -0.1) is 0 Å². The van der Waals surface area contributed by atoms with Gasteiger partial charge in [-0.2, -0.15) is 4.31 Å². The first kappa shape index (κ1) is 20.4. The van der Waals surface area contributed by atoms with Gasteiger partial charge in [0.2, 0.25) is 15.9 Å². The third-order valence-electron chi connectivity index (χ3n) is 4.78. The van der Waals surface area contributed by atoms with Crippen molar-refractivity contribution in [2.24, 2.45) is 0 Å². The molecule has 1 heterocycles. The molecule has 0 radical (unpaired) electrons. The van der Waals surface area contributed by atoms with Gasteiger partial charge in [0.25, 0.3) is 0 Å². The van der Waals surface area contributed by atoms with Crippen molar-refractivity contribution >= 4 is 21.6 Å². The highest BCUT2D eigenvalue weighted by Gasteiger charge is 2.32. The Morgan fingerprint density at radius 3 is 2.21 bits per heavy atom. The third kappa shape index (κ3) is 4.37. The van der Waals surface area contributed by atoms with Gasteiger partial charge in [-0.3, -0.25) is 9.69 Å². The minimum atomic E-state index is -3.71. The van der Waals surface area contributed by atoms with Crippen molar-refractivity contribution < 1.29 is 22.0 Å². The summed E-state index contributed by atoms with van der Waals surface area (Å²) in [6.07, 6.45) is 0. The fourth-order valence-corrected chi connectivity index (χ4v) is 4.47. The van der Waals surface area contributed by atoms with Gasteiger partial charge in [0.15, 0.2) is 0 Å². The SMILES string of the molecule is C[C@@H](C(=O)Nc1ccccc1F)N1CCN(S(=O)(=O)c2ccc(F)cc2)CC1. The highest BCUT2D eigenvalue weighted by Crippen LogP contribution is 2.19. The molecule has 28 heavy (non-hydrogen) atoms. The summed E-state index contributed by atoms with van der Waals surface area (Å²) in [6.45, 7) is 2.81. The predicted molar refractivity (Wildman–Crippen MR) is 101 cm³/mol. The molecule has 0 unspecified atom stereocenters. The van der Waals surface area contributed by atoms with Crippen molar-refractivity contribution in [1.29, 1.82) is 0 Å². The number of sulfonamides is 1. The van der Waals surface area contributed by atoms with Gasteiger partial charge in [0.05, 0.1) is 16.6 Å². The minimum absolute atomic E-state index is 0.0349. The fourth-order valence-electron chi connectivity index (χ4n) is 3.05. The number of halogens is 2. The molecule has 0 saturated carbocycles. The Hall–Kier alpha value is -2.36. The molecule has 1 saturated heterocycles.